The van der Waals surface area contributed by atoms with E-state index in [9.17, 15) is 0 Å². The van der Waals surface area contributed by atoms with Crippen molar-refractivity contribution in [2.24, 2.45) is 11.7 Å². The van der Waals surface area contributed by atoms with Gasteiger partial charge in [-0.2, -0.15) is 0 Å². The minimum atomic E-state index is 0.283. The Morgan fingerprint density at radius 1 is 1.11 bits per heavy atom. The molecule has 0 aliphatic carbocycles. The SMILES string of the molecule is CCOc1ccccc1OCCCC(N)CC(C)C. The fraction of sp³-hybridized carbons (Fsp3) is 0.625. The lowest BCUT2D eigenvalue weighted by molar-refractivity contribution is 0.267. The van der Waals surface area contributed by atoms with Gasteiger partial charge in [0, 0.05) is 6.04 Å². The molecule has 1 atom stereocenters. The highest BCUT2D eigenvalue weighted by Gasteiger charge is 2.06. The maximum Gasteiger partial charge on any atom is 0.161 e. The molecule has 19 heavy (non-hydrogen) atoms. The third-order valence-corrected chi connectivity index (χ3v) is 2.90. The second-order valence-corrected chi connectivity index (χ2v) is 5.26. The van der Waals surface area contributed by atoms with Crippen LogP contribution in [0.5, 0.6) is 11.5 Å². The van der Waals surface area contributed by atoms with Gasteiger partial charge >= 0.3 is 0 Å². The van der Waals surface area contributed by atoms with Crippen LogP contribution in [0.15, 0.2) is 24.3 Å². The standard InChI is InChI=1S/C16H27NO2/c1-4-18-15-9-5-6-10-16(15)19-11-7-8-14(17)12-13(2)3/h5-6,9-10,13-14H,4,7-8,11-12,17H2,1-3H3. The Balaban J connectivity index is 2.29. The monoisotopic (exact) mass is 265 g/mol. The first-order valence-corrected chi connectivity index (χ1v) is 7.23. The van der Waals surface area contributed by atoms with E-state index in [2.05, 4.69) is 13.8 Å². The fourth-order valence-corrected chi connectivity index (χ4v) is 2.10. The Kier molecular flexibility index (Phi) is 7.34. The first kappa shape index (κ1) is 15.8. The maximum absolute atomic E-state index is 6.05. The lowest BCUT2D eigenvalue weighted by Crippen LogP contribution is -2.22. The van der Waals surface area contributed by atoms with Crippen molar-refractivity contribution in [1.82, 2.24) is 0 Å². The maximum atomic E-state index is 6.05. The van der Waals surface area contributed by atoms with E-state index in [0.717, 1.165) is 30.8 Å². The summed E-state index contributed by atoms with van der Waals surface area (Å²) in [6.07, 6.45) is 3.07. The number of hydrogen-bond acceptors (Lipinski definition) is 3. The molecular formula is C16H27NO2. The number of ether oxygens (including phenoxy) is 2. The van der Waals surface area contributed by atoms with Gasteiger partial charge in [0.2, 0.25) is 0 Å². The third-order valence-electron chi connectivity index (χ3n) is 2.90. The minimum Gasteiger partial charge on any atom is -0.490 e. The molecule has 108 valence electrons. The van der Waals surface area contributed by atoms with E-state index in [-0.39, 0.29) is 6.04 Å². The van der Waals surface area contributed by atoms with E-state index in [4.69, 9.17) is 15.2 Å². The van der Waals surface area contributed by atoms with Gasteiger partial charge in [-0.05, 0) is 44.2 Å². The van der Waals surface area contributed by atoms with Crippen LogP contribution in [-0.2, 0) is 0 Å². The molecule has 0 aliphatic rings. The number of para-hydroxylation sites is 2. The molecule has 3 heteroatoms. The Morgan fingerprint density at radius 3 is 2.32 bits per heavy atom. The van der Waals surface area contributed by atoms with Gasteiger partial charge in [-0.25, -0.2) is 0 Å². The third kappa shape index (κ3) is 6.48. The molecule has 0 heterocycles. The molecule has 1 unspecified atom stereocenters. The fourth-order valence-electron chi connectivity index (χ4n) is 2.10. The molecule has 1 rings (SSSR count). The summed E-state index contributed by atoms with van der Waals surface area (Å²) in [6, 6.07) is 8.08. The number of rotatable bonds is 9. The van der Waals surface area contributed by atoms with Crippen molar-refractivity contribution in [2.75, 3.05) is 13.2 Å². The predicted molar refractivity (Wildman–Crippen MR) is 79.8 cm³/mol. The molecule has 0 spiro atoms. The van der Waals surface area contributed by atoms with Gasteiger partial charge in [0.05, 0.1) is 13.2 Å². The van der Waals surface area contributed by atoms with Gasteiger partial charge in [0.1, 0.15) is 0 Å². The van der Waals surface area contributed by atoms with Crippen LogP contribution >= 0.6 is 0 Å². The van der Waals surface area contributed by atoms with Gasteiger partial charge < -0.3 is 15.2 Å². The van der Waals surface area contributed by atoms with E-state index in [1.54, 1.807) is 0 Å². The largest absolute Gasteiger partial charge is 0.490 e. The van der Waals surface area contributed by atoms with Gasteiger partial charge in [-0.15, -0.1) is 0 Å². The molecule has 0 saturated heterocycles. The summed E-state index contributed by atoms with van der Waals surface area (Å²) in [5, 5.41) is 0. The summed E-state index contributed by atoms with van der Waals surface area (Å²) in [5.41, 5.74) is 6.05. The highest BCUT2D eigenvalue weighted by Crippen LogP contribution is 2.26. The zero-order chi connectivity index (χ0) is 14.1. The molecule has 2 N–H and O–H groups in total. The molecule has 0 amide bonds. The molecule has 0 aromatic heterocycles. The van der Waals surface area contributed by atoms with E-state index < -0.39 is 0 Å². The van der Waals surface area contributed by atoms with E-state index in [1.807, 2.05) is 31.2 Å². The van der Waals surface area contributed by atoms with Crippen LogP contribution in [0.25, 0.3) is 0 Å². The van der Waals surface area contributed by atoms with Crippen LogP contribution in [0, 0.1) is 5.92 Å². The van der Waals surface area contributed by atoms with Crippen LogP contribution in [0.2, 0.25) is 0 Å². The Hall–Kier alpha value is -1.22. The normalized spacial score (nSPS) is 12.5. The first-order valence-electron chi connectivity index (χ1n) is 7.23. The van der Waals surface area contributed by atoms with Crippen LogP contribution in [0.1, 0.15) is 40.0 Å². The highest BCUT2D eigenvalue weighted by molar-refractivity contribution is 5.39. The quantitative estimate of drug-likeness (QED) is 0.694. The average Bonchev–Trinajstić information content (AvgIpc) is 2.36. The number of benzene rings is 1. The van der Waals surface area contributed by atoms with Gasteiger partial charge in [0.25, 0.3) is 0 Å². The minimum absolute atomic E-state index is 0.283. The van der Waals surface area contributed by atoms with Crippen molar-refractivity contribution in [1.29, 1.82) is 0 Å². The molecule has 0 fully saturated rings. The summed E-state index contributed by atoms with van der Waals surface area (Å²) in [6.45, 7) is 7.72. The summed E-state index contributed by atoms with van der Waals surface area (Å²) in [5.74, 6) is 2.30. The van der Waals surface area contributed by atoms with Crippen molar-refractivity contribution in [3.8, 4) is 11.5 Å². The van der Waals surface area contributed by atoms with Crippen LogP contribution in [-0.4, -0.2) is 19.3 Å². The van der Waals surface area contributed by atoms with E-state index in [1.165, 1.54) is 0 Å². The summed E-state index contributed by atoms with van der Waals surface area (Å²) < 4.78 is 11.3. The lowest BCUT2D eigenvalue weighted by Gasteiger charge is -2.15. The van der Waals surface area contributed by atoms with Gasteiger partial charge in [-0.1, -0.05) is 26.0 Å². The second kappa shape index (κ2) is 8.81. The van der Waals surface area contributed by atoms with Gasteiger partial charge in [0.15, 0.2) is 11.5 Å². The molecule has 0 radical (unpaired) electrons. The lowest BCUT2D eigenvalue weighted by atomic mass is 10.0. The topological polar surface area (TPSA) is 44.5 Å². The summed E-state index contributed by atoms with van der Waals surface area (Å²) >= 11 is 0. The van der Waals surface area contributed by atoms with E-state index in [0.29, 0.717) is 19.1 Å². The van der Waals surface area contributed by atoms with Crippen LogP contribution < -0.4 is 15.2 Å². The van der Waals surface area contributed by atoms with Crippen molar-refractivity contribution in [2.45, 2.75) is 46.1 Å². The summed E-state index contributed by atoms with van der Waals surface area (Å²) in [7, 11) is 0. The zero-order valence-electron chi connectivity index (χ0n) is 12.4. The molecule has 0 aliphatic heterocycles. The van der Waals surface area contributed by atoms with Crippen molar-refractivity contribution in [3.05, 3.63) is 24.3 Å². The Labute approximate surface area is 117 Å². The van der Waals surface area contributed by atoms with Crippen molar-refractivity contribution >= 4 is 0 Å². The second-order valence-electron chi connectivity index (χ2n) is 5.26. The van der Waals surface area contributed by atoms with Gasteiger partial charge in [-0.3, -0.25) is 0 Å². The van der Waals surface area contributed by atoms with Crippen molar-refractivity contribution in [3.63, 3.8) is 0 Å². The molecule has 0 bridgehead atoms. The number of nitrogens with two attached hydrogens (primary N) is 1. The Morgan fingerprint density at radius 2 is 1.74 bits per heavy atom. The Bertz CT molecular complexity index is 352. The number of hydrogen-bond donors (Lipinski definition) is 1. The average molecular weight is 265 g/mol. The zero-order valence-corrected chi connectivity index (χ0v) is 12.4. The van der Waals surface area contributed by atoms with Crippen molar-refractivity contribution < 1.29 is 9.47 Å². The highest BCUT2D eigenvalue weighted by atomic mass is 16.5. The van der Waals surface area contributed by atoms with E-state index >= 15 is 0 Å². The van der Waals surface area contributed by atoms with Crippen LogP contribution in [0.4, 0.5) is 0 Å². The molecular weight excluding hydrogens is 238 g/mol. The molecule has 0 saturated carbocycles. The first-order chi connectivity index (χ1) is 9.13. The van der Waals surface area contributed by atoms with Crippen LogP contribution in [0.3, 0.4) is 0 Å². The molecule has 1 aromatic rings. The molecule has 3 nitrogen and oxygen atoms in total. The summed E-state index contributed by atoms with van der Waals surface area (Å²) in [4.78, 5) is 0. The molecule has 1 aromatic carbocycles. The predicted octanol–water partition coefficient (Wildman–Crippen LogP) is 3.62. The smallest absolute Gasteiger partial charge is 0.161 e.